The highest BCUT2D eigenvalue weighted by molar-refractivity contribution is 8.18. The van der Waals surface area contributed by atoms with Crippen LogP contribution in [0.15, 0.2) is 50.9 Å². The maximum Gasteiger partial charge on any atom is 0.293 e. The van der Waals surface area contributed by atoms with E-state index in [0.717, 1.165) is 39.1 Å². The zero-order valence-corrected chi connectivity index (χ0v) is 18.4. The van der Waals surface area contributed by atoms with Gasteiger partial charge in [-0.25, -0.2) is 13.1 Å². The van der Waals surface area contributed by atoms with Gasteiger partial charge in [0, 0.05) is 13.1 Å². The average Bonchev–Trinajstić information content (AvgIpc) is 3.33. The molecule has 0 saturated carbocycles. The largest absolute Gasteiger partial charge is 0.353 e. The number of carbonyl (C=O) groups excluding carboxylic acids is 3. The summed E-state index contributed by atoms with van der Waals surface area (Å²) >= 11 is 1.89. The molecule has 30 heavy (non-hydrogen) atoms. The van der Waals surface area contributed by atoms with Crippen molar-refractivity contribution in [3.8, 4) is 0 Å². The molecule has 2 N–H and O–H groups in total. The monoisotopic (exact) mass is 465 g/mol. The van der Waals surface area contributed by atoms with E-state index in [2.05, 4.69) is 10.0 Å². The maximum atomic E-state index is 12.5. The predicted molar refractivity (Wildman–Crippen MR) is 116 cm³/mol. The second-order valence-corrected chi connectivity index (χ2v) is 10.3. The Morgan fingerprint density at radius 2 is 1.90 bits per heavy atom. The lowest BCUT2D eigenvalue weighted by molar-refractivity contribution is -0.124. The molecule has 0 atom stereocenters. The first-order valence-corrected chi connectivity index (χ1v) is 12.1. The number of hydrogen-bond acceptors (Lipinski definition) is 7. The number of amides is 3. The van der Waals surface area contributed by atoms with Crippen LogP contribution in [0.25, 0.3) is 6.08 Å². The molecule has 1 aromatic heterocycles. The third-order valence-corrected chi connectivity index (χ3v) is 7.80. The van der Waals surface area contributed by atoms with Crippen LogP contribution < -0.4 is 10.0 Å². The van der Waals surface area contributed by atoms with E-state index in [1.807, 2.05) is 31.2 Å². The van der Waals surface area contributed by atoms with Crippen LogP contribution in [0.1, 0.15) is 11.1 Å². The minimum atomic E-state index is -3.73. The molecule has 1 fully saturated rings. The highest BCUT2D eigenvalue weighted by atomic mass is 32.2. The fourth-order valence-corrected chi connectivity index (χ4v) is 5.41. The number of rotatable bonds is 8. The van der Waals surface area contributed by atoms with Crippen LogP contribution in [0.4, 0.5) is 4.79 Å². The molecule has 11 heteroatoms. The highest BCUT2D eigenvalue weighted by Crippen LogP contribution is 2.31. The van der Waals surface area contributed by atoms with Gasteiger partial charge in [-0.2, -0.15) is 0 Å². The minimum absolute atomic E-state index is 0.000675. The number of imide groups is 1. The van der Waals surface area contributed by atoms with Gasteiger partial charge in [0.05, 0.1) is 11.4 Å². The van der Waals surface area contributed by atoms with E-state index in [4.69, 9.17) is 0 Å². The number of thiophene rings is 1. The number of benzene rings is 1. The molecule has 1 aliphatic heterocycles. The standard InChI is InChI=1S/C19H19N3O5S3/c1-13-4-6-14(7-5-13)11-15-18(24)22(19(25)29-15)9-8-20-16(23)12-21-30(26,27)17-3-2-10-28-17/h2-7,10-11,21H,8-9,12H2,1H3,(H,20,23)/b15-11-. The van der Waals surface area contributed by atoms with E-state index in [0.29, 0.717) is 4.91 Å². The third kappa shape index (κ3) is 5.57. The third-order valence-electron chi connectivity index (χ3n) is 4.09. The minimum Gasteiger partial charge on any atom is -0.353 e. The van der Waals surface area contributed by atoms with Gasteiger partial charge >= 0.3 is 0 Å². The first-order valence-electron chi connectivity index (χ1n) is 8.88. The normalized spacial score (nSPS) is 15.8. The van der Waals surface area contributed by atoms with Crippen molar-refractivity contribution in [3.05, 3.63) is 57.8 Å². The van der Waals surface area contributed by atoms with Crippen molar-refractivity contribution in [1.29, 1.82) is 0 Å². The van der Waals surface area contributed by atoms with E-state index in [9.17, 15) is 22.8 Å². The fourth-order valence-electron chi connectivity index (χ4n) is 2.52. The SMILES string of the molecule is Cc1ccc(/C=C2\SC(=O)N(CCNC(=O)CNS(=O)(=O)c3cccs3)C2=O)cc1. The second kappa shape index (κ2) is 9.56. The van der Waals surface area contributed by atoms with Gasteiger partial charge in [-0.1, -0.05) is 35.9 Å². The van der Waals surface area contributed by atoms with Crippen LogP contribution in [-0.4, -0.2) is 50.0 Å². The molecule has 2 heterocycles. The second-order valence-electron chi connectivity index (χ2n) is 6.35. The molecule has 0 aliphatic carbocycles. The molecule has 0 spiro atoms. The Morgan fingerprint density at radius 3 is 2.57 bits per heavy atom. The maximum absolute atomic E-state index is 12.5. The molecule has 0 radical (unpaired) electrons. The summed E-state index contributed by atoms with van der Waals surface area (Å²) in [6.07, 6.45) is 1.66. The molecule has 1 saturated heterocycles. The lowest BCUT2D eigenvalue weighted by Crippen LogP contribution is -2.41. The van der Waals surface area contributed by atoms with Crippen LogP contribution in [0.5, 0.6) is 0 Å². The molecular weight excluding hydrogens is 446 g/mol. The number of sulfonamides is 1. The summed E-state index contributed by atoms with van der Waals surface area (Å²) in [7, 11) is -3.73. The van der Waals surface area contributed by atoms with Gasteiger partial charge in [0.15, 0.2) is 0 Å². The Labute approximate surface area is 182 Å². The van der Waals surface area contributed by atoms with Gasteiger partial charge in [-0.05, 0) is 41.8 Å². The van der Waals surface area contributed by atoms with Gasteiger partial charge in [0.1, 0.15) is 4.21 Å². The highest BCUT2D eigenvalue weighted by Gasteiger charge is 2.34. The van der Waals surface area contributed by atoms with Crippen LogP contribution in [-0.2, 0) is 19.6 Å². The van der Waals surface area contributed by atoms with E-state index >= 15 is 0 Å². The van der Waals surface area contributed by atoms with Crippen molar-refractivity contribution in [2.24, 2.45) is 0 Å². The van der Waals surface area contributed by atoms with Crippen molar-refractivity contribution >= 4 is 56.3 Å². The smallest absolute Gasteiger partial charge is 0.293 e. The number of nitrogens with zero attached hydrogens (tertiary/aromatic N) is 1. The topological polar surface area (TPSA) is 113 Å². The van der Waals surface area contributed by atoms with Crippen LogP contribution >= 0.6 is 23.1 Å². The molecule has 3 amide bonds. The summed E-state index contributed by atoms with van der Waals surface area (Å²) in [5.41, 5.74) is 1.91. The van der Waals surface area contributed by atoms with Crippen molar-refractivity contribution < 1.29 is 22.8 Å². The fraction of sp³-hybridized carbons (Fsp3) is 0.211. The van der Waals surface area contributed by atoms with E-state index in [1.165, 1.54) is 6.07 Å². The summed E-state index contributed by atoms with van der Waals surface area (Å²) in [5.74, 6) is -0.976. The van der Waals surface area contributed by atoms with E-state index in [1.54, 1.807) is 17.5 Å². The first-order chi connectivity index (χ1) is 14.3. The van der Waals surface area contributed by atoms with Crippen LogP contribution in [0, 0.1) is 6.92 Å². The van der Waals surface area contributed by atoms with Crippen molar-refractivity contribution in [2.75, 3.05) is 19.6 Å². The molecule has 0 bridgehead atoms. The Kier molecular flexibility index (Phi) is 7.08. The molecule has 0 unspecified atom stereocenters. The summed E-state index contributed by atoms with van der Waals surface area (Å²) in [4.78, 5) is 37.9. The first kappa shape index (κ1) is 22.2. The Morgan fingerprint density at radius 1 is 1.17 bits per heavy atom. The molecule has 1 aliphatic rings. The lowest BCUT2D eigenvalue weighted by Gasteiger charge is -2.13. The van der Waals surface area contributed by atoms with Gasteiger partial charge in [0.25, 0.3) is 21.2 Å². The number of hydrogen-bond donors (Lipinski definition) is 2. The van der Waals surface area contributed by atoms with Crippen LogP contribution in [0.2, 0.25) is 0 Å². The Bertz CT molecular complexity index is 1080. The number of nitrogens with one attached hydrogen (secondary N) is 2. The number of thioether (sulfide) groups is 1. The van der Waals surface area contributed by atoms with E-state index < -0.39 is 33.6 Å². The van der Waals surface area contributed by atoms with Gasteiger partial charge < -0.3 is 5.32 Å². The summed E-state index contributed by atoms with van der Waals surface area (Å²) in [6, 6.07) is 10.6. The molecule has 8 nitrogen and oxygen atoms in total. The molecule has 3 rings (SSSR count). The van der Waals surface area contributed by atoms with Gasteiger partial charge in [-0.15, -0.1) is 11.3 Å². The summed E-state index contributed by atoms with van der Waals surface area (Å²) in [5, 5.41) is 3.71. The Balaban J connectivity index is 1.48. The molecule has 1 aromatic carbocycles. The average molecular weight is 466 g/mol. The predicted octanol–water partition coefficient (Wildman–Crippen LogP) is 2.19. The molecule has 158 valence electrons. The number of carbonyl (C=O) groups is 3. The summed E-state index contributed by atoms with van der Waals surface area (Å²) in [6.45, 7) is 1.54. The Hall–Kier alpha value is -2.47. The molecule has 2 aromatic rings. The lowest BCUT2D eigenvalue weighted by atomic mass is 10.1. The van der Waals surface area contributed by atoms with Crippen LogP contribution in [0.3, 0.4) is 0 Å². The van der Waals surface area contributed by atoms with Gasteiger partial charge in [0.2, 0.25) is 5.91 Å². The molecular formula is C19H19N3O5S3. The van der Waals surface area contributed by atoms with Crippen molar-refractivity contribution in [1.82, 2.24) is 14.9 Å². The zero-order valence-electron chi connectivity index (χ0n) is 16.0. The van der Waals surface area contributed by atoms with Gasteiger partial charge in [-0.3, -0.25) is 19.3 Å². The number of aryl methyl sites for hydroxylation is 1. The quantitative estimate of drug-likeness (QED) is 0.578. The zero-order chi connectivity index (χ0) is 21.7. The summed E-state index contributed by atoms with van der Waals surface area (Å²) < 4.78 is 26.3. The van der Waals surface area contributed by atoms with E-state index in [-0.39, 0.29) is 17.3 Å². The van der Waals surface area contributed by atoms with Crippen molar-refractivity contribution in [2.45, 2.75) is 11.1 Å². The van der Waals surface area contributed by atoms with Crippen molar-refractivity contribution in [3.63, 3.8) is 0 Å².